The highest BCUT2D eigenvalue weighted by atomic mass is 16.5. The van der Waals surface area contributed by atoms with Gasteiger partial charge in [0, 0.05) is 31.4 Å². The molecule has 1 aliphatic rings. The first-order chi connectivity index (χ1) is 11.6. The average molecular weight is 330 g/mol. The quantitative estimate of drug-likeness (QED) is 0.915. The van der Waals surface area contributed by atoms with E-state index in [1.807, 2.05) is 23.1 Å². The molecule has 1 amide bonds. The molecule has 0 saturated carbocycles. The van der Waals surface area contributed by atoms with Crippen LogP contribution in [0.2, 0.25) is 0 Å². The summed E-state index contributed by atoms with van der Waals surface area (Å²) in [5.74, 6) is 2.34. The van der Waals surface area contributed by atoms with Gasteiger partial charge in [-0.15, -0.1) is 0 Å². The fraction of sp³-hybridized carbons (Fsp3) is 0.526. The summed E-state index contributed by atoms with van der Waals surface area (Å²) in [6.07, 6.45) is 2.05. The summed E-state index contributed by atoms with van der Waals surface area (Å²) in [4.78, 5) is 13.5. The van der Waals surface area contributed by atoms with E-state index in [-0.39, 0.29) is 5.91 Å². The van der Waals surface area contributed by atoms with Crippen LogP contribution in [0.5, 0.6) is 5.75 Å². The lowest BCUT2D eigenvalue weighted by Gasteiger charge is -2.38. The van der Waals surface area contributed by atoms with Gasteiger partial charge < -0.3 is 19.4 Å². The van der Waals surface area contributed by atoms with Crippen molar-refractivity contribution in [2.75, 3.05) is 20.2 Å². The van der Waals surface area contributed by atoms with E-state index in [9.17, 15) is 4.79 Å². The van der Waals surface area contributed by atoms with Crippen molar-refractivity contribution in [2.24, 2.45) is 5.92 Å². The van der Waals surface area contributed by atoms with Crippen LogP contribution in [-0.4, -0.2) is 37.0 Å². The third kappa shape index (κ3) is 3.41. The van der Waals surface area contributed by atoms with Crippen molar-refractivity contribution in [3.05, 3.63) is 30.0 Å². The molecule has 1 aromatic carbocycles. The van der Waals surface area contributed by atoms with E-state index in [4.69, 9.17) is 9.15 Å². The predicted octanol–water partition coefficient (Wildman–Crippen LogP) is 3.18. The number of rotatable bonds is 5. The number of hydrogen-bond donors (Lipinski definition) is 1. The molecule has 1 saturated heterocycles. The summed E-state index contributed by atoms with van der Waals surface area (Å²) in [6.45, 7) is 6.21. The van der Waals surface area contributed by atoms with Crippen molar-refractivity contribution in [2.45, 2.75) is 39.3 Å². The molecule has 0 unspecified atom stereocenters. The van der Waals surface area contributed by atoms with Gasteiger partial charge in [0.05, 0.1) is 13.7 Å². The molecule has 1 aliphatic heterocycles. The minimum Gasteiger partial charge on any atom is -0.493 e. The molecule has 2 atom stereocenters. The lowest BCUT2D eigenvalue weighted by Crippen LogP contribution is -2.50. The summed E-state index contributed by atoms with van der Waals surface area (Å²) in [6, 6.07) is 8.40. The number of methoxy groups -OCH3 is 1. The van der Waals surface area contributed by atoms with E-state index in [1.54, 1.807) is 14.0 Å². The van der Waals surface area contributed by atoms with Crippen LogP contribution < -0.4 is 10.1 Å². The van der Waals surface area contributed by atoms with Gasteiger partial charge in [-0.25, -0.2) is 0 Å². The molecule has 130 valence electrons. The van der Waals surface area contributed by atoms with Crippen LogP contribution in [-0.2, 0) is 11.3 Å². The Kier molecular flexibility index (Phi) is 5.09. The molecule has 1 aromatic heterocycles. The monoisotopic (exact) mass is 330 g/mol. The number of carbonyl (C=O) groups excluding carboxylic acids is 1. The zero-order valence-corrected chi connectivity index (χ0v) is 14.7. The van der Waals surface area contributed by atoms with E-state index >= 15 is 0 Å². The number of furan rings is 1. The van der Waals surface area contributed by atoms with Crippen LogP contribution in [0.25, 0.3) is 11.0 Å². The van der Waals surface area contributed by atoms with E-state index < -0.39 is 0 Å². The standard InChI is InChI=1S/C19H26N2O3/c1-4-14-12-21(13(2)22)9-8-17(14)20-11-16-10-15-6-5-7-18(23-3)19(15)24-16/h5-7,10,14,17,20H,4,8-9,11-12H2,1-3H3/t14-,17+/m1/s1. The van der Waals surface area contributed by atoms with Gasteiger partial charge in [-0.05, 0) is 24.5 Å². The summed E-state index contributed by atoms with van der Waals surface area (Å²) < 4.78 is 11.3. The van der Waals surface area contributed by atoms with Gasteiger partial charge in [0.15, 0.2) is 11.3 Å². The molecule has 24 heavy (non-hydrogen) atoms. The lowest BCUT2D eigenvalue weighted by molar-refractivity contribution is -0.131. The Morgan fingerprint density at radius 2 is 2.29 bits per heavy atom. The highest BCUT2D eigenvalue weighted by molar-refractivity contribution is 5.83. The third-order valence-corrected chi connectivity index (χ3v) is 5.02. The number of hydrogen-bond acceptors (Lipinski definition) is 4. The fourth-order valence-corrected chi connectivity index (χ4v) is 3.57. The zero-order valence-electron chi connectivity index (χ0n) is 14.7. The Morgan fingerprint density at radius 3 is 3.00 bits per heavy atom. The molecular formula is C19H26N2O3. The number of likely N-dealkylation sites (tertiary alicyclic amines) is 1. The highest BCUT2D eigenvalue weighted by Crippen LogP contribution is 2.29. The molecule has 0 aliphatic carbocycles. The molecule has 1 fully saturated rings. The molecule has 0 spiro atoms. The topological polar surface area (TPSA) is 54.7 Å². The Balaban J connectivity index is 1.66. The van der Waals surface area contributed by atoms with E-state index in [0.717, 1.165) is 48.4 Å². The highest BCUT2D eigenvalue weighted by Gasteiger charge is 2.28. The number of amides is 1. The van der Waals surface area contributed by atoms with E-state index in [1.165, 1.54) is 0 Å². The Morgan fingerprint density at radius 1 is 1.46 bits per heavy atom. The summed E-state index contributed by atoms with van der Waals surface area (Å²) in [5, 5.41) is 4.68. The molecule has 2 heterocycles. The predicted molar refractivity (Wildman–Crippen MR) is 94.0 cm³/mol. The van der Waals surface area contributed by atoms with Crippen molar-refractivity contribution >= 4 is 16.9 Å². The third-order valence-electron chi connectivity index (χ3n) is 5.02. The molecule has 0 bridgehead atoms. The SMILES string of the molecule is CC[C@@H]1CN(C(C)=O)CC[C@@H]1NCc1cc2cccc(OC)c2o1. The smallest absolute Gasteiger partial charge is 0.219 e. The maximum atomic E-state index is 11.6. The number of ether oxygens (including phenoxy) is 1. The van der Waals surface area contributed by atoms with Gasteiger partial charge in [0.25, 0.3) is 0 Å². The van der Waals surface area contributed by atoms with Crippen molar-refractivity contribution in [3.63, 3.8) is 0 Å². The summed E-state index contributed by atoms with van der Waals surface area (Å²) in [7, 11) is 1.66. The van der Waals surface area contributed by atoms with Crippen molar-refractivity contribution in [3.8, 4) is 5.75 Å². The van der Waals surface area contributed by atoms with Crippen molar-refractivity contribution in [1.29, 1.82) is 0 Å². The van der Waals surface area contributed by atoms with E-state index in [2.05, 4.69) is 18.3 Å². The second-order valence-corrected chi connectivity index (χ2v) is 6.50. The van der Waals surface area contributed by atoms with Crippen LogP contribution in [0.1, 0.15) is 32.4 Å². The zero-order chi connectivity index (χ0) is 17.1. The second-order valence-electron chi connectivity index (χ2n) is 6.50. The van der Waals surface area contributed by atoms with E-state index in [0.29, 0.717) is 18.5 Å². The number of carbonyl (C=O) groups is 1. The van der Waals surface area contributed by atoms with Crippen LogP contribution in [0.4, 0.5) is 0 Å². The Labute approximate surface area is 143 Å². The van der Waals surface area contributed by atoms with Gasteiger partial charge in [-0.3, -0.25) is 4.79 Å². The maximum Gasteiger partial charge on any atom is 0.219 e. The number of nitrogens with zero attached hydrogens (tertiary/aromatic N) is 1. The number of benzene rings is 1. The fourth-order valence-electron chi connectivity index (χ4n) is 3.57. The first-order valence-electron chi connectivity index (χ1n) is 8.66. The minimum atomic E-state index is 0.177. The van der Waals surface area contributed by atoms with Crippen LogP contribution in [0.3, 0.4) is 0 Å². The molecule has 5 heteroatoms. The average Bonchev–Trinajstić information content (AvgIpc) is 3.02. The summed E-state index contributed by atoms with van der Waals surface area (Å²) >= 11 is 0. The molecule has 3 rings (SSSR count). The normalized spacial score (nSPS) is 21.2. The van der Waals surface area contributed by atoms with Gasteiger partial charge in [0.2, 0.25) is 5.91 Å². The number of piperidine rings is 1. The molecule has 2 aromatic rings. The van der Waals surface area contributed by atoms with Crippen LogP contribution >= 0.6 is 0 Å². The summed E-state index contributed by atoms with van der Waals surface area (Å²) in [5.41, 5.74) is 0.801. The Bertz CT molecular complexity index is 710. The van der Waals surface area contributed by atoms with Crippen LogP contribution in [0, 0.1) is 5.92 Å². The number of fused-ring (bicyclic) bond motifs is 1. The minimum absolute atomic E-state index is 0.177. The largest absolute Gasteiger partial charge is 0.493 e. The number of para-hydroxylation sites is 1. The van der Waals surface area contributed by atoms with Gasteiger partial charge in [-0.1, -0.05) is 25.5 Å². The maximum absolute atomic E-state index is 11.6. The second kappa shape index (κ2) is 7.26. The molecule has 5 nitrogen and oxygen atoms in total. The first-order valence-corrected chi connectivity index (χ1v) is 8.66. The first kappa shape index (κ1) is 16.8. The van der Waals surface area contributed by atoms with Crippen molar-refractivity contribution < 1.29 is 13.9 Å². The lowest BCUT2D eigenvalue weighted by atomic mass is 9.90. The molecular weight excluding hydrogens is 304 g/mol. The van der Waals surface area contributed by atoms with Crippen molar-refractivity contribution in [1.82, 2.24) is 10.2 Å². The molecule has 0 radical (unpaired) electrons. The van der Waals surface area contributed by atoms with Crippen LogP contribution in [0.15, 0.2) is 28.7 Å². The molecule has 1 N–H and O–H groups in total. The Hall–Kier alpha value is -2.01. The number of nitrogens with one attached hydrogen (secondary N) is 1. The van der Waals surface area contributed by atoms with Gasteiger partial charge in [-0.2, -0.15) is 0 Å². The van der Waals surface area contributed by atoms with Gasteiger partial charge in [0.1, 0.15) is 5.76 Å². The van der Waals surface area contributed by atoms with Gasteiger partial charge >= 0.3 is 0 Å².